The normalized spacial score (nSPS) is 11.2. The van der Waals surface area contributed by atoms with Crippen LogP contribution in [0.1, 0.15) is 16.7 Å². The first-order chi connectivity index (χ1) is 10.8. The van der Waals surface area contributed by atoms with E-state index in [1.165, 1.54) is 27.6 Å². The largest absolute Gasteiger partial charge is 0.395 e. The molecular weight excluding hydrogens is 272 g/mol. The van der Waals surface area contributed by atoms with Gasteiger partial charge >= 0.3 is 0 Å². The Morgan fingerprint density at radius 3 is 2.77 bits per heavy atom. The second-order valence-electron chi connectivity index (χ2n) is 5.69. The Hall–Kier alpha value is -2.10. The van der Waals surface area contributed by atoms with Crippen molar-refractivity contribution in [2.45, 2.75) is 20.0 Å². The standard InChI is InChI=1S/C19H22N2O/c1-15-5-4-6-16(11-15)13-21-14-17(12-20-9-10-22)18-7-2-3-8-19(18)21/h2-8,11,14,20,22H,9-10,12-13H2,1H3. The van der Waals surface area contributed by atoms with Gasteiger partial charge < -0.3 is 15.0 Å². The van der Waals surface area contributed by atoms with E-state index in [-0.39, 0.29) is 6.61 Å². The first-order valence-electron chi connectivity index (χ1n) is 7.72. The zero-order valence-electron chi connectivity index (χ0n) is 12.9. The first-order valence-corrected chi connectivity index (χ1v) is 7.72. The maximum atomic E-state index is 8.92. The lowest BCUT2D eigenvalue weighted by Gasteiger charge is -2.06. The van der Waals surface area contributed by atoms with Gasteiger partial charge in [0.05, 0.1) is 6.61 Å². The number of benzene rings is 2. The third-order valence-corrected chi connectivity index (χ3v) is 3.91. The van der Waals surface area contributed by atoms with Gasteiger partial charge in [-0.05, 0) is 24.1 Å². The third-order valence-electron chi connectivity index (χ3n) is 3.91. The van der Waals surface area contributed by atoms with Gasteiger partial charge in [-0.3, -0.25) is 0 Å². The fourth-order valence-corrected chi connectivity index (χ4v) is 2.90. The van der Waals surface area contributed by atoms with Crippen LogP contribution in [0, 0.1) is 6.92 Å². The summed E-state index contributed by atoms with van der Waals surface area (Å²) >= 11 is 0. The summed E-state index contributed by atoms with van der Waals surface area (Å²) < 4.78 is 2.31. The number of rotatable bonds is 6. The maximum Gasteiger partial charge on any atom is 0.0556 e. The van der Waals surface area contributed by atoms with Crippen LogP contribution in [-0.4, -0.2) is 22.8 Å². The Bertz CT molecular complexity index is 761. The van der Waals surface area contributed by atoms with Gasteiger partial charge in [-0.15, -0.1) is 0 Å². The van der Waals surface area contributed by atoms with Gasteiger partial charge in [0, 0.05) is 36.7 Å². The monoisotopic (exact) mass is 294 g/mol. The van der Waals surface area contributed by atoms with Gasteiger partial charge in [-0.25, -0.2) is 0 Å². The molecule has 0 aliphatic rings. The number of aliphatic hydroxyl groups excluding tert-OH is 1. The van der Waals surface area contributed by atoms with Crippen molar-refractivity contribution in [3.63, 3.8) is 0 Å². The molecule has 0 fully saturated rings. The van der Waals surface area contributed by atoms with Gasteiger partial charge in [-0.1, -0.05) is 48.0 Å². The number of aryl methyl sites for hydroxylation is 1. The van der Waals surface area contributed by atoms with Crippen LogP contribution in [0.2, 0.25) is 0 Å². The molecule has 114 valence electrons. The molecule has 2 N–H and O–H groups in total. The molecule has 3 heteroatoms. The second-order valence-corrected chi connectivity index (χ2v) is 5.69. The lowest BCUT2D eigenvalue weighted by molar-refractivity contribution is 0.292. The van der Waals surface area contributed by atoms with E-state index in [0.717, 1.165) is 13.1 Å². The van der Waals surface area contributed by atoms with Crippen LogP contribution < -0.4 is 5.32 Å². The van der Waals surface area contributed by atoms with Gasteiger partial charge in [0.25, 0.3) is 0 Å². The zero-order valence-corrected chi connectivity index (χ0v) is 12.9. The van der Waals surface area contributed by atoms with Crippen molar-refractivity contribution in [1.82, 2.24) is 9.88 Å². The van der Waals surface area contributed by atoms with Crippen molar-refractivity contribution in [3.8, 4) is 0 Å². The van der Waals surface area contributed by atoms with Crippen LogP contribution in [0.3, 0.4) is 0 Å². The average Bonchev–Trinajstić information content (AvgIpc) is 2.86. The van der Waals surface area contributed by atoms with Crippen molar-refractivity contribution < 1.29 is 5.11 Å². The summed E-state index contributed by atoms with van der Waals surface area (Å²) in [6, 6.07) is 17.1. The quantitative estimate of drug-likeness (QED) is 0.686. The van der Waals surface area contributed by atoms with Gasteiger partial charge in [0.1, 0.15) is 0 Å². The fraction of sp³-hybridized carbons (Fsp3) is 0.263. The van der Waals surface area contributed by atoms with Crippen LogP contribution in [0.25, 0.3) is 10.9 Å². The van der Waals surface area contributed by atoms with E-state index in [1.807, 2.05) is 0 Å². The summed E-state index contributed by atoms with van der Waals surface area (Å²) in [4.78, 5) is 0. The number of fused-ring (bicyclic) bond motifs is 1. The Morgan fingerprint density at radius 1 is 1.09 bits per heavy atom. The summed E-state index contributed by atoms with van der Waals surface area (Å²) in [6.07, 6.45) is 2.22. The Labute approximate surface area is 131 Å². The molecule has 0 saturated heterocycles. The predicted octanol–water partition coefficient (Wildman–Crippen LogP) is 3.08. The molecule has 22 heavy (non-hydrogen) atoms. The molecule has 0 unspecified atom stereocenters. The molecular formula is C19H22N2O. The summed E-state index contributed by atoms with van der Waals surface area (Å²) in [5.41, 5.74) is 5.14. The molecule has 3 nitrogen and oxygen atoms in total. The van der Waals surface area contributed by atoms with E-state index in [4.69, 9.17) is 5.11 Å². The maximum absolute atomic E-state index is 8.92. The molecule has 1 aromatic heterocycles. The molecule has 2 aromatic carbocycles. The molecule has 3 rings (SSSR count). The van der Waals surface area contributed by atoms with Crippen LogP contribution in [0.4, 0.5) is 0 Å². The van der Waals surface area contributed by atoms with Crippen LogP contribution in [0.5, 0.6) is 0 Å². The highest BCUT2D eigenvalue weighted by atomic mass is 16.3. The average molecular weight is 294 g/mol. The number of para-hydroxylation sites is 1. The minimum absolute atomic E-state index is 0.169. The minimum atomic E-state index is 0.169. The number of aromatic nitrogens is 1. The number of nitrogens with one attached hydrogen (secondary N) is 1. The first kappa shape index (κ1) is 14.8. The van der Waals surface area contributed by atoms with Crippen molar-refractivity contribution in [3.05, 3.63) is 71.4 Å². The second kappa shape index (κ2) is 6.77. The molecule has 3 aromatic rings. The van der Waals surface area contributed by atoms with Crippen LogP contribution in [-0.2, 0) is 13.1 Å². The smallest absolute Gasteiger partial charge is 0.0556 e. The SMILES string of the molecule is Cc1cccc(Cn2cc(CNCCO)c3ccccc32)c1. The lowest BCUT2D eigenvalue weighted by Crippen LogP contribution is -2.17. The Balaban J connectivity index is 1.92. The zero-order chi connectivity index (χ0) is 15.4. The molecule has 0 saturated carbocycles. The molecule has 0 bridgehead atoms. The van der Waals surface area contributed by atoms with E-state index in [2.05, 4.69) is 71.5 Å². The lowest BCUT2D eigenvalue weighted by atomic mass is 10.1. The number of hydrogen-bond acceptors (Lipinski definition) is 2. The highest BCUT2D eigenvalue weighted by molar-refractivity contribution is 5.84. The summed E-state index contributed by atoms with van der Waals surface area (Å²) in [5.74, 6) is 0. The summed E-state index contributed by atoms with van der Waals surface area (Å²) in [7, 11) is 0. The van der Waals surface area contributed by atoms with Crippen molar-refractivity contribution in [2.24, 2.45) is 0 Å². The number of aliphatic hydroxyl groups is 1. The van der Waals surface area contributed by atoms with Gasteiger partial charge in [0.15, 0.2) is 0 Å². The fourth-order valence-electron chi connectivity index (χ4n) is 2.90. The van der Waals surface area contributed by atoms with Gasteiger partial charge in [0.2, 0.25) is 0 Å². The molecule has 0 spiro atoms. The van der Waals surface area contributed by atoms with E-state index >= 15 is 0 Å². The minimum Gasteiger partial charge on any atom is -0.395 e. The number of nitrogens with zero attached hydrogens (tertiary/aromatic N) is 1. The molecule has 0 amide bonds. The van der Waals surface area contributed by atoms with Crippen LogP contribution >= 0.6 is 0 Å². The van der Waals surface area contributed by atoms with Crippen molar-refractivity contribution in [1.29, 1.82) is 0 Å². The Kier molecular flexibility index (Phi) is 4.56. The molecule has 0 aliphatic heterocycles. The molecule has 0 aliphatic carbocycles. The number of hydrogen-bond donors (Lipinski definition) is 2. The van der Waals surface area contributed by atoms with Crippen LogP contribution in [0.15, 0.2) is 54.7 Å². The van der Waals surface area contributed by atoms with Crippen molar-refractivity contribution in [2.75, 3.05) is 13.2 Å². The van der Waals surface area contributed by atoms with E-state index < -0.39 is 0 Å². The highest BCUT2D eigenvalue weighted by Crippen LogP contribution is 2.22. The molecule has 1 heterocycles. The summed E-state index contributed by atoms with van der Waals surface area (Å²) in [5, 5.41) is 13.5. The topological polar surface area (TPSA) is 37.2 Å². The van der Waals surface area contributed by atoms with E-state index in [9.17, 15) is 0 Å². The Morgan fingerprint density at radius 2 is 1.95 bits per heavy atom. The van der Waals surface area contributed by atoms with E-state index in [1.54, 1.807) is 0 Å². The van der Waals surface area contributed by atoms with E-state index in [0.29, 0.717) is 6.54 Å². The highest BCUT2D eigenvalue weighted by Gasteiger charge is 2.08. The summed E-state index contributed by atoms with van der Waals surface area (Å²) in [6.45, 7) is 4.57. The van der Waals surface area contributed by atoms with Gasteiger partial charge in [-0.2, -0.15) is 0 Å². The molecule has 0 atom stereocenters. The van der Waals surface area contributed by atoms with Crippen molar-refractivity contribution >= 4 is 10.9 Å². The third kappa shape index (κ3) is 3.21. The predicted molar refractivity (Wildman–Crippen MR) is 91.0 cm³/mol. The molecule has 0 radical (unpaired) electrons.